The molecule has 10 heteroatoms. The zero-order valence-electron chi connectivity index (χ0n) is 16.7. The van der Waals surface area contributed by atoms with Crippen molar-refractivity contribution >= 4 is 48.2 Å². The first-order chi connectivity index (χ1) is 12.9. The van der Waals surface area contributed by atoms with Crippen LogP contribution in [0, 0.1) is 5.92 Å². The molecule has 1 aliphatic heterocycles. The van der Waals surface area contributed by atoms with E-state index in [0.29, 0.717) is 24.8 Å². The summed E-state index contributed by atoms with van der Waals surface area (Å²) >= 11 is 5.99. The normalized spacial score (nSPS) is 16.2. The highest BCUT2D eigenvalue weighted by atomic mass is 35.5. The molecule has 0 radical (unpaired) electrons. The molecule has 1 fully saturated rings. The maximum Gasteiger partial charge on any atom is 0.239 e. The van der Waals surface area contributed by atoms with Gasteiger partial charge >= 0.3 is 0 Å². The smallest absolute Gasteiger partial charge is 0.239 e. The van der Waals surface area contributed by atoms with Crippen molar-refractivity contribution in [1.82, 2.24) is 15.5 Å². The van der Waals surface area contributed by atoms with Crippen LogP contribution in [-0.4, -0.2) is 62.1 Å². The number of carbonyl (C=O) groups is 2. The molecule has 0 saturated carbocycles. The lowest BCUT2D eigenvalue weighted by molar-refractivity contribution is -0.127. The summed E-state index contributed by atoms with van der Waals surface area (Å²) < 4.78 is 5.43. The maximum absolute atomic E-state index is 12.2. The molecule has 166 valence electrons. The van der Waals surface area contributed by atoms with Gasteiger partial charge in [-0.05, 0) is 23.6 Å². The van der Waals surface area contributed by atoms with E-state index in [1.807, 2.05) is 38.1 Å². The van der Waals surface area contributed by atoms with Gasteiger partial charge < -0.3 is 21.1 Å². The molecule has 2 amide bonds. The standard InChI is InChI=1S/C19H29ClN4O3.2ClH/c1-13(2)18(21)19(26)23-12-17(25)22-11-16(24-7-9-27-10-8-24)14-3-5-15(20)6-4-14;;/h3-6,13,16,18H,7-12,21H2,1-2H3,(H,22,25)(H,23,26);2*1H/t16?,18-;;/m0../s1. The van der Waals surface area contributed by atoms with Crippen LogP contribution < -0.4 is 16.4 Å². The Labute approximate surface area is 189 Å². The average molecular weight is 470 g/mol. The lowest BCUT2D eigenvalue weighted by atomic mass is 10.0. The Morgan fingerprint density at radius 3 is 2.28 bits per heavy atom. The van der Waals surface area contributed by atoms with E-state index in [1.165, 1.54) is 0 Å². The first-order valence-electron chi connectivity index (χ1n) is 9.25. The fourth-order valence-electron chi connectivity index (χ4n) is 2.89. The summed E-state index contributed by atoms with van der Waals surface area (Å²) in [4.78, 5) is 26.3. The molecule has 29 heavy (non-hydrogen) atoms. The zero-order valence-corrected chi connectivity index (χ0v) is 19.1. The Kier molecular flexibility index (Phi) is 13.5. The Balaban J connectivity index is 0.00000392. The van der Waals surface area contributed by atoms with E-state index in [-0.39, 0.29) is 55.1 Å². The molecule has 7 nitrogen and oxygen atoms in total. The highest BCUT2D eigenvalue weighted by molar-refractivity contribution is 6.30. The van der Waals surface area contributed by atoms with Crippen molar-refractivity contribution in [2.45, 2.75) is 25.9 Å². The van der Waals surface area contributed by atoms with Crippen molar-refractivity contribution in [3.8, 4) is 0 Å². The summed E-state index contributed by atoms with van der Waals surface area (Å²) in [6.07, 6.45) is 0. The number of hydrogen-bond donors (Lipinski definition) is 3. The predicted molar refractivity (Wildman–Crippen MR) is 120 cm³/mol. The van der Waals surface area contributed by atoms with E-state index in [2.05, 4.69) is 15.5 Å². The van der Waals surface area contributed by atoms with Crippen molar-refractivity contribution < 1.29 is 14.3 Å². The van der Waals surface area contributed by atoms with Crippen LogP contribution in [0.1, 0.15) is 25.5 Å². The van der Waals surface area contributed by atoms with Gasteiger partial charge in [0.25, 0.3) is 0 Å². The fraction of sp³-hybridized carbons (Fsp3) is 0.579. The van der Waals surface area contributed by atoms with Gasteiger partial charge in [0, 0.05) is 24.7 Å². The molecule has 2 atom stereocenters. The van der Waals surface area contributed by atoms with Crippen molar-refractivity contribution in [1.29, 1.82) is 0 Å². The van der Waals surface area contributed by atoms with Gasteiger partial charge in [-0.15, -0.1) is 24.8 Å². The molecule has 0 bridgehead atoms. The second kappa shape index (κ2) is 14.0. The number of ether oxygens (including phenoxy) is 1. The van der Waals surface area contributed by atoms with E-state index in [1.54, 1.807) is 0 Å². The van der Waals surface area contributed by atoms with E-state index < -0.39 is 6.04 Å². The second-order valence-electron chi connectivity index (χ2n) is 7.01. The molecule has 1 unspecified atom stereocenters. The molecular weight excluding hydrogens is 439 g/mol. The van der Waals surface area contributed by atoms with Crippen LogP contribution in [0.15, 0.2) is 24.3 Å². The molecule has 1 heterocycles. The number of halogens is 3. The van der Waals surface area contributed by atoms with Crippen LogP contribution in [0.25, 0.3) is 0 Å². The average Bonchev–Trinajstić information content (AvgIpc) is 2.67. The molecule has 0 aliphatic carbocycles. The monoisotopic (exact) mass is 468 g/mol. The summed E-state index contributed by atoms with van der Waals surface area (Å²) in [5.41, 5.74) is 6.86. The van der Waals surface area contributed by atoms with Crippen molar-refractivity contribution in [2.24, 2.45) is 11.7 Å². The number of rotatable bonds is 8. The summed E-state index contributed by atoms with van der Waals surface area (Å²) in [7, 11) is 0. The van der Waals surface area contributed by atoms with Crippen LogP contribution in [0.3, 0.4) is 0 Å². The highest BCUT2D eigenvalue weighted by Crippen LogP contribution is 2.23. The van der Waals surface area contributed by atoms with Crippen molar-refractivity contribution in [3.63, 3.8) is 0 Å². The van der Waals surface area contributed by atoms with Gasteiger partial charge in [0.2, 0.25) is 11.8 Å². The number of benzene rings is 1. The molecule has 4 N–H and O–H groups in total. The summed E-state index contributed by atoms with van der Waals surface area (Å²) in [5.74, 6) is -0.544. The molecular formula is C19H31Cl3N4O3. The Bertz CT molecular complexity index is 626. The number of nitrogens with one attached hydrogen (secondary N) is 2. The van der Waals surface area contributed by atoms with Gasteiger partial charge in [-0.2, -0.15) is 0 Å². The Morgan fingerprint density at radius 2 is 1.72 bits per heavy atom. The number of nitrogens with two attached hydrogens (primary N) is 1. The third kappa shape index (κ3) is 9.07. The Morgan fingerprint density at radius 1 is 1.14 bits per heavy atom. The van der Waals surface area contributed by atoms with Gasteiger partial charge in [-0.1, -0.05) is 37.6 Å². The number of carbonyl (C=O) groups excluding carboxylic acids is 2. The van der Waals surface area contributed by atoms with E-state index in [9.17, 15) is 9.59 Å². The Hall–Kier alpha value is -1.09. The van der Waals surface area contributed by atoms with Gasteiger partial charge in [-0.3, -0.25) is 14.5 Å². The van der Waals surface area contributed by atoms with Gasteiger partial charge in [0.15, 0.2) is 0 Å². The quantitative estimate of drug-likeness (QED) is 0.539. The van der Waals surface area contributed by atoms with E-state index in [4.69, 9.17) is 22.1 Å². The van der Waals surface area contributed by atoms with Crippen LogP contribution in [0.4, 0.5) is 0 Å². The first-order valence-corrected chi connectivity index (χ1v) is 9.63. The minimum absolute atomic E-state index is 0. The molecule has 1 aliphatic rings. The summed E-state index contributed by atoms with van der Waals surface area (Å²) in [6, 6.07) is 7.03. The largest absolute Gasteiger partial charge is 0.379 e. The van der Waals surface area contributed by atoms with Gasteiger partial charge in [0.05, 0.1) is 31.8 Å². The first kappa shape index (κ1) is 27.9. The van der Waals surface area contributed by atoms with Crippen molar-refractivity contribution in [2.75, 3.05) is 39.4 Å². The third-order valence-corrected chi connectivity index (χ3v) is 4.93. The minimum atomic E-state index is -0.618. The van der Waals surface area contributed by atoms with Crippen molar-refractivity contribution in [3.05, 3.63) is 34.9 Å². The zero-order chi connectivity index (χ0) is 19.8. The molecule has 0 spiro atoms. The molecule has 2 rings (SSSR count). The predicted octanol–water partition coefficient (Wildman–Crippen LogP) is 1.77. The van der Waals surface area contributed by atoms with Crippen LogP contribution >= 0.6 is 36.4 Å². The van der Waals surface area contributed by atoms with Gasteiger partial charge in [0.1, 0.15) is 0 Å². The molecule has 0 aromatic heterocycles. The van der Waals surface area contributed by atoms with E-state index in [0.717, 1.165) is 18.7 Å². The second-order valence-corrected chi connectivity index (χ2v) is 7.44. The summed E-state index contributed by atoms with van der Waals surface area (Å²) in [5, 5.41) is 6.17. The van der Waals surface area contributed by atoms with Crippen LogP contribution in [0.5, 0.6) is 0 Å². The van der Waals surface area contributed by atoms with Crippen LogP contribution in [-0.2, 0) is 14.3 Å². The molecule has 1 aromatic carbocycles. The number of amides is 2. The number of nitrogens with zero attached hydrogens (tertiary/aromatic N) is 1. The SMILES string of the molecule is CC(C)[C@H](N)C(=O)NCC(=O)NCC(c1ccc(Cl)cc1)N1CCOCC1.Cl.Cl. The number of hydrogen-bond acceptors (Lipinski definition) is 5. The third-order valence-electron chi connectivity index (χ3n) is 4.68. The van der Waals surface area contributed by atoms with Gasteiger partial charge in [-0.25, -0.2) is 0 Å². The lowest BCUT2D eigenvalue weighted by Gasteiger charge is -2.35. The minimum Gasteiger partial charge on any atom is -0.379 e. The summed E-state index contributed by atoms with van der Waals surface area (Å²) in [6.45, 7) is 7.00. The maximum atomic E-state index is 12.2. The molecule has 1 aromatic rings. The lowest BCUT2D eigenvalue weighted by Crippen LogP contribution is -2.48. The van der Waals surface area contributed by atoms with E-state index >= 15 is 0 Å². The fourth-order valence-corrected chi connectivity index (χ4v) is 3.02. The van der Waals surface area contributed by atoms with Crippen LogP contribution in [0.2, 0.25) is 5.02 Å². The number of morpholine rings is 1. The highest BCUT2D eigenvalue weighted by Gasteiger charge is 2.23. The topological polar surface area (TPSA) is 96.7 Å². The molecule has 1 saturated heterocycles.